The van der Waals surface area contributed by atoms with Gasteiger partial charge in [-0.2, -0.15) is 0 Å². The van der Waals surface area contributed by atoms with E-state index >= 15 is 0 Å². The van der Waals surface area contributed by atoms with Crippen molar-refractivity contribution in [1.29, 1.82) is 0 Å². The molecule has 0 aliphatic carbocycles. The second-order valence-electron chi connectivity index (χ2n) is 3.21. The lowest BCUT2D eigenvalue weighted by molar-refractivity contribution is -0.385. The number of halogens is 2. The summed E-state index contributed by atoms with van der Waals surface area (Å²) >= 11 is 6.31. The molecule has 0 amide bonds. The molecule has 0 aliphatic rings. The summed E-state index contributed by atoms with van der Waals surface area (Å²) in [5, 5.41) is 11.2. The van der Waals surface area contributed by atoms with E-state index in [-0.39, 0.29) is 16.3 Å². The Morgan fingerprint density at radius 3 is 2.62 bits per heavy atom. The van der Waals surface area contributed by atoms with Crippen LogP contribution in [-0.2, 0) is 5.33 Å². The number of Topliss-reactive ketones (excluding diaryl/α,β-unsaturated/α-hetero) is 1. The van der Waals surface area contributed by atoms with Crippen LogP contribution < -0.4 is 0 Å². The van der Waals surface area contributed by atoms with E-state index in [1.54, 1.807) is 19.1 Å². The molecule has 0 aromatic heterocycles. The Bertz CT molecular complexity index is 432. The lowest BCUT2D eigenvalue weighted by atomic mass is 10.1. The molecule has 0 spiro atoms. The third-order valence-corrected chi connectivity index (χ3v) is 3.09. The molecule has 0 saturated carbocycles. The maximum absolute atomic E-state index is 11.6. The smallest absolute Gasteiger partial charge is 0.274 e. The highest BCUT2D eigenvalue weighted by atomic mass is 79.9. The Balaban J connectivity index is 3.22. The van der Waals surface area contributed by atoms with Crippen LogP contribution >= 0.6 is 31.9 Å². The number of carbonyl (C=O) groups excluding carboxylic acids is 1. The molecule has 1 rings (SSSR count). The standard InChI is InChI=1S/C10H9Br2NO3/c1-6(12)10(14)7-2-3-8(5-11)9(4-7)13(15)16/h2-4,6H,5H2,1H3. The molecule has 0 radical (unpaired) electrons. The van der Waals surface area contributed by atoms with Gasteiger partial charge in [-0.3, -0.25) is 14.9 Å². The minimum atomic E-state index is -0.480. The maximum Gasteiger partial charge on any atom is 0.274 e. The zero-order chi connectivity index (χ0) is 12.3. The number of nitro groups is 1. The van der Waals surface area contributed by atoms with Crippen molar-refractivity contribution in [3.05, 3.63) is 39.4 Å². The fourth-order valence-corrected chi connectivity index (χ4v) is 1.97. The van der Waals surface area contributed by atoms with Gasteiger partial charge in [-0.15, -0.1) is 0 Å². The number of nitro benzene ring substituents is 1. The third kappa shape index (κ3) is 2.89. The summed E-state index contributed by atoms with van der Waals surface area (Å²) in [6, 6.07) is 4.51. The summed E-state index contributed by atoms with van der Waals surface area (Å²) in [5.74, 6) is -0.163. The van der Waals surface area contributed by atoms with Crippen LogP contribution in [0.1, 0.15) is 22.8 Å². The zero-order valence-corrected chi connectivity index (χ0v) is 11.6. The van der Waals surface area contributed by atoms with Crippen LogP contribution in [0.3, 0.4) is 0 Å². The highest BCUT2D eigenvalue weighted by Crippen LogP contribution is 2.24. The second-order valence-corrected chi connectivity index (χ2v) is 5.15. The van der Waals surface area contributed by atoms with Crippen molar-refractivity contribution in [2.75, 3.05) is 0 Å². The second kappa shape index (κ2) is 5.54. The summed E-state index contributed by atoms with van der Waals surface area (Å²) in [5.41, 5.74) is 0.875. The van der Waals surface area contributed by atoms with Gasteiger partial charge in [0.25, 0.3) is 5.69 Å². The number of nitrogens with zero attached hydrogens (tertiary/aromatic N) is 1. The van der Waals surface area contributed by atoms with E-state index in [0.717, 1.165) is 0 Å². The summed E-state index contributed by atoms with van der Waals surface area (Å²) < 4.78 is 0. The Hall–Kier alpha value is -0.750. The topological polar surface area (TPSA) is 60.2 Å². The molecule has 0 heterocycles. The molecule has 4 nitrogen and oxygen atoms in total. The minimum absolute atomic E-state index is 0.0316. The SMILES string of the molecule is CC(Br)C(=O)c1ccc(CBr)c([N+](=O)[O-])c1. The highest BCUT2D eigenvalue weighted by molar-refractivity contribution is 9.10. The molecule has 1 atom stereocenters. The molecule has 0 saturated heterocycles. The fourth-order valence-electron chi connectivity index (χ4n) is 1.23. The molecular weight excluding hydrogens is 342 g/mol. The van der Waals surface area contributed by atoms with Gasteiger partial charge in [-0.05, 0) is 6.92 Å². The van der Waals surface area contributed by atoms with Gasteiger partial charge >= 0.3 is 0 Å². The van der Waals surface area contributed by atoms with Crippen molar-refractivity contribution >= 4 is 43.3 Å². The number of hydrogen-bond acceptors (Lipinski definition) is 3. The van der Waals surface area contributed by atoms with E-state index in [2.05, 4.69) is 31.9 Å². The van der Waals surface area contributed by atoms with Crippen molar-refractivity contribution in [1.82, 2.24) is 0 Å². The first-order valence-corrected chi connectivity index (χ1v) is 6.52. The highest BCUT2D eigenvalue weighted by Gasteiger charge is 2.18. The fraction of sp³-hybridized carbons (Fsp3) is 0.300. The van der Waals surface area contributed by atoms with Crippen LogP contribution in [0, 0.1) is 10.1 Å². The lowest BCUT2D eigenvalue weighted by Crippen LogP contribution is -2.10. The first-order chi connectivity index (χ1) is 7.47. The van der Waals surface area contributed by atoms with Gasteiger partial charge in [0.1, 0.15) is 0 Å². The summed E-state index contributed by atoms with van der Waals surface area (Å²) in [4.78, 5) is 21.6. The Labute approximate surface area is 109 Å². The van der Waals surface area contributed by atoms with E-state index in [0.29, 0.717) is 16.5 Å². The van der Waals surface area contributed by atoms with Crippen molar-refractivity contribution in [3.63, 3.8) is 0 Å². The largest absolute Gasteiger partial charge is 0.293 e. The van der Waals surface area contributed by atoms with E-state index in [1.165, 1.54) is 6.07 Å². The predicted molar refractivity (Wildman–Crippen MR) is 68.4 cm³/mol. The van der Waals surface area contributed by atoms with Crippen molar-refractivity contribution < 1.29 is 9.72 Å². The number of carbonyl (C=O) groups is 1. The first-order valence-electron chi connectivity index (χ1n) is 4.49. The van der Waals surface area contributed by atoms with Gasteiger partial charge < -0.3 is 0 Å². The quantitative estimate of drug-likeness (QED) is 0.361. The predicted octanol–water partition coefficient (Wildman–Crippen LogP) is 3.46. The number of ketones is 1. The molecule has 1 unspecified atom stereocenters. The Kier molecular flexibility index (Phi) is 4.61. The van der Waals surface area contributed by atoms with Crippen LogP contribution in [0.15, 0.2) is 18.2 Å². The summed E-state index contributed by atoms with van der Waals surface area (Å²) in [6.07, 6.45) is 0. The average Bonchev–Trinajstić information content (AvgIpc) is 2.26. The third-order valence-electron chi connectivity index (χ3n) is 2.07. The molecule has 1 aromatic carbocycles. The normalized spacial score (nSPS) is 12.2. The van der Waals surface area contributed by atoms with E-state index < -0.39 is 4.92 Å². The monoisotopic (exact) mass is 349 g/mol. The van der Waals surface area contributed by atoms with Crippen LogP contribution in [0.5, 0.6) is 0 Å². The van der Waals surface area contributed by atoms with Gasteiger partial charge in [0.2, 0.25) is 0 Å². The van der Waals surface area contributed by atoms with Crippen LogP contribution in [-0.4, -0.2) is 15.5 Å². The number of hydrogen-bond donors (Lipinski definition) is 0. The maximum atomic E-state index is 11.6. The minimum Gasteiger partial charge on any atom is -0.293 e. The van der Waals surface area contributed by atoms with Crippen LogP contribution in [0.25, 0.3) is 0 Å². The molecule has 86 valence electrons. The van der Waals surface area contributed by atoms with Crippen LogP contribution in [0.4, 0.5) is 5.69 Å². The molecule has 16 heavy (non-hydrogen) atoms. The summed E-state index contributed by atoms with van der Waals surface area (Å²) in [7, 11) is 0. The molecular formula is C10H9Br2NO3. The summed E-state index contributed by atoms with van der Waals surface area (Å²) in [6.45, 7) is 1.69. The van der Waals surface area contributed by atoms with Crippen LogP contribution in [0.2, 0.25) is 0 Å². The lowest BCUT2D eigenvalue weighted by Gasteiger charge is -2.04. The Morgan fingerprint density at radius 2 is 2.19 bits per heavy atom. The van der Waals surface area contributed by atoms with Gasteiger partial charge in [0.15, 0.2) is 5.78 Å². The van der Waals surface area contributed by atoms with E-state index in [4.69, 9.17) is 0 Å². The van der Waals surface area contributed by atoms with E-state index in [1.807, 2.05) is 0 Å². The average molecular weight is 351 g/mol. The van der Waals surface area contributed by atoms with Crippen molar-refractivity contribution in [3.8, 4) is 0 Å². The molecule has 1 aromatic rings. The molecule has 0 aliphatic heterocycles. The number of alkyl halides is 2. The van der Waals surface area contributed by atoms with Crippen molar-refractivity contribution in [2.24, 2.45) is 0 Å². The van der Waals surface area contributed by atoms with Gasteiger partial charge in [-0.1, -0.05) is 44.0 Å². The number of benzene rings is 1. The first kappa shape index (κ1) is 13.3. The molecule has 0 fully saturated rings. The van der Waals surface area contributed by atoms with Gasteiger partial charge in [0, 0.05) is 22.5 Å². The van der Waals surface area contributed by atoms with Crippen molar-refractivity contribution in [2.45, 2.75) is 17.1 Å². The van der Waals surface area contributed by atoms with E-state index in [9.17, 15) is 14.9 Å². The number of rotatable bonds is 4. The van der Waals surface area contributed by atoms with Gasteiger partial charge in [-0.25, -0.2) is 0 Å². The van der Waals surface area contributed by atoms with Gasteiger partial charge in [0.05, 0.1) is 9.75 Å². The molecule has 0 N–H and O–H groups in total. The zero-order valence-electron chi connectivity index (χ0n) is 8.44. The Morgan fingerprint density at radius 1 is 1.56 bits per heavy atom. The molecule has 6 heteroatoms. The molecule has 0 bridgehead atoms.